The number of aryl methyl sites for hydroxylation is 1. The molecule has 158 valence electrons. The number of anilines is 1. The molecule has 1 spiro atoms. The van der Waals surface area contributed by atoms with Crippen LogP contribution in [-0.4, -0.2) is 37.0 Å². The van der Waals surface area contributed by atoms with Crippen LogP contribution in [-0.2, 0) is 5.41 Å². The largest absolute Gasteiger partial charge is 0.307 e. The van der Waals surface area contributed by atoms with Crippen LogP contribution in [0.5, 0.6) is 0 Å². The highest BCUT2D eigenvalue weighted by Crippen LogP contribution is 2.48. The molecule has 2 aromatic carbocycles. The maximum Gasteiger partial charge on any atom is 0.264 e. The second-order valence-corrected chi connectivity index (χ2v) is 9.39. The van der Waals surface area contributed by atoms with Crippen LogP contribution in [0, 0.1) is 24.5 Å². The van der Waals surface area contributed by atoms with Crippen molar-refractivity contribution >= 4 is 11.6 Å². The van der Waals surface area contributed by atoms with Crippen LogP contribution in [0.15, 0.2) is 36.4 Å². The Morgan fingerprint density at radius 1 is 1.10 bits per heavy atom. The number of hydrogen-bond donors (Lipinski definition) is 0. The van der Waals surface area contributed by atoms with Gasteiger partial charge in [0.2, 0.25) is 0 Å². The monoisotopic (exact) mass is 410 g/mol. The van der Waals surface area contributed by atoms with Crippen molar-refractivity contribution in [2.45, 2.75) is 44.4 Å². The molecular weight excluding hydrogens is 382 g/mol. The van der Waals surface area contributed by atoms with E-state index in [1.54, 1.807) is 4.90 Å². The summed E-state index contributed by atoms with van der Waals surface area (Å²) in [4.78, 5) is 17.4. The predicted octanol–water partition coefficient (Wildman–Crippen LogP) is 5.07. The second-order valence-electron chi connectivity index (χ2n) is 9.39. The zero-order valence-corrected chi connectivity index (χ0v) is 17.5. The molecule has 2 heterocycles. The predicted molar refractivity (Wildman–Crippen MR) is 114 cm³/mol. The van der Waals surface area contributed by atoms with E-state index < -0.39 is 23.1 Å². The number of rotatable bonds is 3. The van der Waals surface area contributed by atoms with Crippen molar-refractivity contribution in [2.24, 2.45) is 5.92 Å². The number of carbonyl (C=O) groups excluding carboxylic acids is 1. The molecule has 1 saturated heterocycles. The summed E-state index contributed by atoms with van der Waals surface area (Å²) in [5, 5.41) is 0. The SMILES string of the molecule is Cc1ccc2c(c1)C1(CCN(CC3CCC3)CC1)CN2C(=O)c1c(F)cccc1F. The van der Waals surface area contributed by atoms with Gasteiger partial charge in [-0.15, -0.1) is 0 Å². The molecule has 0 atom stereocenters. The number of nitrogens with zero attached hydrogens (tertiary/aromatic N) is 2. The van der Waals surface area contributed by atoms with Crippen molar-refractivity contribution in [1.82, 2.24) is 4.90 Å². The Labute approximate surface area is 176 Å². The Bertz CT molecular complexity index is 957. The fourth-order valence-corrected chi connectivity index (χ4v) is 5.43. The van der Waals surface area contributed by atoms with Gasteiger partial charge in [-0.1, -0.05) is 30.2 Å². The van der Waals surface area contributed by atoms with E-state index in [0.717, 1.165) is 60.8 Å². The molecular formula is C25H28F2N2O. The van der Waals surface area contributed by atoms with E-state index in [1.807, 2.05) is 12.1 Å². The lowest BCUT2D eigenvalue weighted by Crippen LogP contribution is -2.47. The summed E-state index contributed by atoms with van der Waals surface area (Å²) < 4.78 is 28.7. The first-order valence-electron chi connectivity index (χ1n) is 11.1. The van der Waals surface area contributed by atoms with Crippen molar-refractivity contribution in [3.8, 4) is 0 Å². The van der Waals surface area contributed by atoms with Crippen LogP contribution in [0.3, 0.4) is 0 Å². The van der Waals surface area contributed by atoms with Crippen LogP contribution in [0.1, 0.15) is 53.6 Å². The lowest BCUT2D eigenvalue weighted by molar-refractivity contribution is 0.0958. The molecule has 2 aromatic rings. The minimum absolute atomic E-state index is 0.130. The Hall–Kier alpha value is -2.27. The van der Waals surface area contributed by atoms with Gasteiger partial charge in [0.25, 0.3) is 5.91 Å². The van der Waals surface area contributed by atoms with Crippen molar-refractivity contribution < 1.29 is 13.6 Å². The first kappa shape index (κ1) is 19.7. The minimum atomic E-state index is -0.801. The maximum absolute atomic E-state index is 14.3. The molecule has 2 aliphatic heterocycles. The number of amides is 1. The number of hydrogen-bond acceptors (Lipinski definition) is 2. The van der Waals surface area contributed by atoms with Crippen LogP contribution in [0.4, 0.5) is 14.5 Å². The summed E-state index contributed by atoms with van der Waals surface area (Å²) in [6.45, 7) is 5.76. The van der Waals surface area contributed by atoms with Crippen LogP contribution in [0.2, 0.25) is 0 Å². The Morgan fingerprint density at radius 3 is 2.43 bits per heavy atom. The molecule has 0 aromatic heterocycles. The van der Waals surface area contributed by atoms with Gasteiger partial charge in [0.1, 0.15) is 17.2 Å². The third kappa shape index (κ3) is 3.24. The molecule has 1 amide bonds. The fraction of sp³-hybridized carbons (Fsp3) is 0.480. The molecule has 5 heteroatoms. The van der Waals surface area contributed by atoms with Gasteiger partial charge < -0.3 is 9.80 Å². The summed E-state index contributed by atoms with van der Waals surface area (Å²) in [6.07, 6.45) is 6.00. The number of carbonyl (C=O) groups is 1. The number of fused-ring (bicyclic) bond motifs is 2. The molecule has 30 heavy (non-hydrogen) atoms. The van der Waals surface area contributed by atoms with Crippen LogP contribution >= 0.6 is 0 Å². The standard InChI is InChI=1S/C25H28F2N2O/c1-17-8-9-22-19(14-17)25(10-12-28(13-11-25)15-18-4-2-5-18)16-29(22)24(30)23-20(26)6-3-7-21(23)27/h3,6-9,14,18H,2,4-5,10-13,15-16H2,1H3. The molecule has 2 fully saturated rings. The van der Waals surface area contributed by atoms with Gasteiger partial charge in [-0.05, 0) is 75.4 Å². The first-order valence-corrected chi connectivity index (χ1v) is 11.1. The molecule has 0 bridgehead atoms. The van der Waals surface area contributed by atoms with Gasteiger partial charge in [0, 0.05) is 24.2 Å². The Kier molecular flexibility index (Phi) is 4.89. The highest BCUT2D eigenvalue weighted by molar-refractivity contribution is 6.08. The smallest absolute Gasteiger partial charge is 0.264 e. The summed E-state index contributed by atoms with van der Waals surface area (Å²) in [6, 6.07) is 9.68. The summed E-state index contributed by atoms with van der Waals surface area (Å²) in [7, 11) is 0. The zero-order valence-electron chi connectivity index (χ0n) is 17.5. The molecule has 5 rings (SSSR count). The number of likely N-dealkylation sites (tertiary alicyclic amines) is 1. The van der Waals surface area contributed by atoms with Gasteiger partial charge in [-0.25, -0.2) is 8.78 Å². The van der Waals surface area contributed by atoms with Gasteiger partial charge in [0.05, 0.1) is 0 Å². The summed E-state index contributed by atoms with van der Waals surface area (Å²) in [5.74, 6) is -1.33. The molecule has 0 N–H and O–H groups in total. The third-order valence-corrected chi connectivity index (χ3v) is 7.45. The van der Waals surface area contributed by atoms with E-state index in [2.05, 4.69) is 17.9 Å². The molecule has 3 nitrogen and oxygen atoms in total. The fourth-order valence-electron chi connectivity index (χ4n) is 5.43. The van der Waals surface area contributed by atoms with Crippen LogP contribution in [0.25, 0.3) is 0 Å². The van der Waals surface area contributed by atoms with Crippen molar-refractivity contribution in [2.75, 3.05) is 31.1 Å². The van der Waals surface area contributed by atoms with E-state index in [1.165, 1.54) is 31.9 Å². The van der Waals surface area contributed by atoms with Crippen molar-refractivity contribution in [3.63, 3.8) is 0 Å². The Balaban J connectivity index is 1.44. The topological polar surface area (TPSA) is 23.6 Å². The highest BCUT2D eigenvalue weighted by atomic mass is 19.1. The number of piperidine rings is 1. The minimum Gasteiger partial charge on any atom is -0.307 e. The van der Waals surface area contributed by atoms with Gasteiger partial charge in [0.15, 0.2) is 0 Å². The summed E-state index contributed by atoms with van der Waals surface area (Å²) >= 11 is 0. The lowest BCUT2D eigenvalue weighted by atomic mass is 9.73. The van der Waals surface area contributed by atoms with E-state index in [4.69, 9.17) is 0 Å². The van der Waals surface area contributed by atoms with E-state index >= 15 is 0 Å². The molecule has 1 aliphatic carbocycles. The average molecular weight is 411 g/mol. The quantitative estimate of drug-likeness (QED) is 0.706. The molecule has 0 unspecified atom stereocenters. The van der Waals surface area contributed by atoms with E-state index in [-0.39, 0.29) is 5.41 Å². The molecule has 3 aliphatic rings. The summed E-state index contributed by atoms with van der Waals surface area (Å²) in [5.41, 5.74) is 2.53. The Morgan fingerprint density at radius 2 is 1.80 bits per heavy atom. The number of halogens is 2. The number of benzene rings is 2. The highest BCUT2D eigenvalue weighted by Gasteiger charge is 2.47. The van der Waals surface area contributed by atoms with E-state index in [9.17, 15) is 13.6 Å². The average Bonchev–Trinajstić information content (AvgIpc) is 2.99. The zero-order chi connectivity index (χ0) is 20.9. The maximum atomic E-state index is 14.3. The van der Waals surface area contributed by atoms with Crippen molar-refractivity contribution in [3.05, 3.63) is 64.7 Å². The molecule has 1 saturated carbocycles. The van der Waals surface area contributed by atoms with Gasteiger partial charge in [-0.2, -0.15) is 0 Å². The normalized spacial score (nSPS) is 21.0. The van der Waals surface area contributed by atoms with Crippen LogP contribution < -0.4 is 4.90 Å². The lowest BCUT2D eigenvalue weighted by Gasteiger charge is -2.42. The molecule has 0 radical (unpaired) electrons. The second kappa shape index (κ2) is 7.45. The van der Waals surface area contributed by atoms with Crippen molar-refractivity contribution in [1.29, 1.82) is 0 Å². The van der Waals surface area contributed by atoms with Gasteiger partial charge >= 0.3 is 0 Å². The van der Waals surface area contributed by atoms with Gasteiger partial charge in [-0.3, -0.25) is 4.79 Å². The first-order chi connectivity index (χ1) is 14.5. The van der Waals surface area contributed by atoms with E-state index in [0.29, 0.717) is 6.54 Å². The third-order valence-electron chi connectivity index (χ3n) is 7.45.